The number of nitrogens with one attached hydrogen (secondary N) is 1. The zero-order valence-corrected chi connectivity index (χ0v) is 11.7. The van der Waals surface area contributed by atoms with Gasteiger partial charge in [-0.3, -0.25) is 4.79 Å². The molecule has 0 heterocycles. The standard InChI is InChI=1S/C12H16BrNO3/c1-12(2,16)7-14-11(15)9-6-8(17-3)4-5-10(9)13/h4-6,16H,7H2,1-3H3,(H,14,15). The predicted octanol–water partition coefficient (Wildman–Crippen LogP) is 1.96. The molecular weight excluding hydrogens is 286 g/mol. The SMILES string of the molecule is COc1ccc(Br)c(C(=O)NCC(C)(C)O)c1. The Labute approximate surface area is 109 Å². The molecule has 0 atom stereocenters. The van der Waals surface area contributed by atoms with Crippen LogP contribution in [0.15, 0.2) is 22.7 Å². The van der Waals surface area contributed by atoms with Gasteiger partial charge in [0.05, 0.1) is 18.3 Å². The van der Waals surface area contributed by atoms with Crippen molar-refractivity contribution in [2.24, 2.45) is 0 Å². The molecule has 1 aromatic carbocycles. The average molecular weight is 302 g/mol. The number of hydrogen-bond donors (Lipinski definition) is 2. The summed E-state index contributed by atoms with van der Waals surface area (Å²) in [5.41, 5.74) is -0.449. The third kappa shape index (κ3) is 4.36. The molecule has 0 spiro atoms. The first kappa shape index (κ1) is 14.0. The lowest BCUT2D eigenvalue weighted by Gasteiger charge is -2.18. The first-order valence-corrected chi connectivity index (χ1v) is 5.97. The molecule has 4 nitrogen and oxygen atoms in total. The summed E-state index contributed by atoms with van der Waals surface area (Å²) in [6.07, 6.45) is 0. The van der Waals surface area contributed by atoms with Gasteiger partial charge in [-0.15, -0.1) is 0 Å². The quantitative estimate of drug-likeness (QED) is 0.894. The maximum Gasteiger partial charge on any atom is 0.252 e. The van der Waals surface area contributed by atoms with E-state index < -0.39 is 5.60 Å². The van der Waals surface area contributed by atoms with Gasteiger partial charge in [0.15, 0.2) is 0 Å². The third-order valence-electron chi connectivity index (χ3n) is 2.10. The van der Waals surface area contributed by atoms with Gasteiger partial charge in [0, 0.05) is 11.0 Å². The minimum Gasteiger partial charge on any atom is -0.497 e. The number of carbonyl (C=O) groups excluding carboxylic acids is 1. The smallest absolute Gasteiger partial charge is 0.252 e. The zero-order valence-electron chi connectivity index (χ0n) is 10.1. The molecule has 0 saturated carbocycles. The molecule has 94 valence electrons. The largest absolute Gasteiger partial charge is 0.497 e. The van der Waals surface area contributed by atoms with Gasteiger partial charge in [-0.25, -0.2) is 0 Å². The van der Waals surface area contributed by atoms with Crippen LogP contribution in [-0.4, -0.2) is 30.3 Å². The van der Waals surface area contributed by atoms with E-state index in [1.54, 1.807) is 39.2 Å². The minimum atomic E-state index is -0.930. The number of carbonyl (C=O) groups is 1. The summed E-state index contributed by atoms with van der Waals surface area (Å²) in [7, 11) is 1.54. The molecule has 1 aromatic rings. The van der Waals surface area contributed by atoms with Crippen LogP contribution in [0.1, 0.15) is 24.2 Å². The van der Waals surface area contributed by atoms with Crippen molar-refractivity contribution in [1.29, 1.82) is 0 Å². The molecule has 5 heteroatoms. The van der Waals surface area contributed by atoms with Crippen LogP contribution in [0.4, 0.5) is 0 Å². The van der Waals surface area contributed by atoms with Gasteiger partial charge in [0.25, 0.3) is 5.91 Å². The summed E-state index contributed by atoms with van der Waals surface area (Å²) in [6, 6.07) is 5.15. The molecule has 0 aliphatic carbocycles. The van der Waals surface area contributed by atoms with E-state index in [1.807, 2.05) is 0 Å². The molecule has 0 fully saturated rings. The van der Waals surface area contributed by atoms with E-state index in [1.165, 1.54) is 0 Å². The van der Waals surface area contributed by atoms with E-state index in [-0.39, 0.29) is 12.5 Å². The predicted molar refractivity (Wildman–Crippen MR) is 69.3 cm³/mol. The lowest BCUT2D eigenvalue weighted by molar-refractivity contribution is 0.0694. The fourth-order valence-corrected chi connectivity index (χ4v) is 1.62. The third-order valence-corrected chi connectivity index (χ3v) is 2.79. The number of aliphatic hydroxyl groups is 1. The molecule has 17 heavy (non-hydrogen) atoms. The second-order valence-corrected chi connectivity index (χ2v) is 5.20. The highest BCUT2D eigenvalue weighted by atomic mass is 79.9. The van der Waals surface area contributed by atoms with Crippen molar-refractivity contribution in [1.82, 2.24) is 5.32 Å². The molecule has 0 aliphatic heterocycles. The van der Waals surface area contributed by atoms with Crippen molar-refractivity contribution in [2.45, 2.75) is 19.4 Å². The summed E-state index contributed by atoms with van der Waals surface area (Å²) < 4.78 is 5.74. The molecule has 0 saturated heterocycles. The highest BCUT2D eigenvalue weighted by molar-refractivity contribution is 9.10. The van der Waals surface area contributed by atoms with Crippen molar-refractivity contribution in [3.8, 4) is 5.75 Å². The fourth-order valence-electron chi connectivity index (χ4n) is 1.20. The summed E-state index contributed by atoms with van der Waals surface area (Å²) in [5, 5.41) is 12.2. The number of benzene rings is 1. The van der Waals surface area contributed by atoms with Gasteiger partial charge in [-0.1, -0.05) is 0 Å². The Morgan fingerprint density at radius 1 is 1.53 bits per heavy atom. The highest BCUT2D eigenvalue weighted by Gasteiger charge is 2.16. The summed E-state index contributed by atoms with van der Waals surface area (Å²) in [5.74, 6) is 0.361. The Morgan fingerprint density at radius 3 is 2.71 bits per heavy atom. The molecule has 1 rings (SSSR count). The van der Waals surface area contributed by atoms with Crippen molar-refractivity contribution in [3.05, 3.63) is 28.2 Å². The van der Waals surface area contributed by atoms with Gasteiger partial charge < -0.3 is 15.2 Å². The van der Waals surface area contributed by atoms with Crippen molar-refractivity contribution >= 4 is 21.8 Å². The Bertz CT molecular complexity index is 413. The zero-order chi connectivity index (χ0) is 13.1. The minimum absolute atomic E-state index is 0.190. The number of amides is 1. The van der Waals surface area contributed by atoms with Gasteiger partial charge in [-0.05, 0) is 48.0 Å². The van der Waals surface area contributed by atoms with Crippen LogP contribution in [0.3, 0.4) is 0 Å². The Kier molecular flexibility index (Phi) is 4.54. The number of hydrogen-bond acceptors (Lipinski definition) is 3. The van der Waals surface area contributed by atoms with Crippen molar-refractivity contribution in [2.75, 3.05) is 13.7 Å². The normalized spacial score (nSPS) is 11.1. The summed E-state index contributed by atoms with van der Waals surface area (Å²) in [6.45, 7) is 3.46. The van der Waals surface area contributed by atoms with Gasteiger partial charge in [0.1, 0.15) is 5.75 Å². The average Bonchev–Trinajstić information content (AvgIpc) is 2.25. The molecule has 0 radical (unpaired) electrons. The van der Waals surface area contributed by atoms with E-state index in [4.69, 9.17) is 4.74 Å². The summed E-state index contributed by atoms with van der Waals surface area (Å²) >= 11 is 3.30. The molecule has 0 aromatic heterocycles. The van der Waals surface area contributed by atoms with E-state index in [0.717, 1.165) is 0 Å². The monoisotopic (exact) mass is 301 g/mol. The number of ether oxygens (including phenoxy) is 1. The molecule has 0 unspecified atom stereocenters. The molecule has 2 N–H and O–H groups in total. The Morgan fingerprint density at radius 2 is 2.18 bits per heavy atom. The topological polar surface area (TPSA) is 58.6 Å². The number of rotatable bonds is 4. The first-order chi connectivity index (χ1) is 7.83. The van der Waals surface area contributed by atoms with E-state index in [2.05, 4.69) is 21.2 Å². The molecule has 1 amide bonds. The van der Waals surface area contributed by atoms with Crippen molar-refractivity contribution in [3.63, 3.8) is 0 Å². The van der Waals surface area contributed by atoms with Crippen LogP contribution in [-0.2, 0) is 0 Å². The van der Waals surface area contributed by atoms with Crippen molar-refractivity contribution < 1.29 is 14.6 Å². The van der Waals surface area contributed by atoms with Gasteiger partial charge >= 0.3 is 0 Å². The number of halogens is 1. The summed E-state index contributed by atoms with van der Waals surface area (Å²) in [4.78, 5) is 11.9. The van der Waals surface area contributed by atoms with Crippen LogP contribution >= 0.6 is 15.9 Å². The maximum atomic E-state index is 11.9. The van der Waals surface area contributed by atoms with E-state index >= 15 is 0 Å². The lowest BCUT2D eigenvalue weighted by Crippen LogP contribution is -2.38. The molecule has 0 bridgehead atoms. The van der Waals surface area contributed by atoms with E-state index in [0.29, 0.717) is 15.8 Å². The number of methoxy groups -OCH3 is 1. The van der Waals surface area contributed by atoms with Crippen LogP contribution < -0.4 is 10.1 Å². The van der Waals surface area contributed by atoms with Crippen LogP contribution in [0, 0.1) is 0 Å². The maximum absolute atomic E-state index is 11.9. The molecule has 0 aliphatic rings. The fraction of sp³-hybridized carbons (Fsp3) is 0.417. The lowest BCUT2D eigenvalue weighted by atomic mass is 10.1. The Hall–Kier alpha value is -1.07. The van der Waals surface area contributed by atoms with E-state index in [9.17, 15) is 9.90 Å². The molecular formula is C12H16BrNO3. The first-order valence-electron chi connectivity index (χ1n) is 5.17. The van der Waals surface area contributed by atoms with Crippen LogP contribution in [0.5, 0.6) is 5.75 Å². The van der Waals surface area contributed by atoms with Gasteiger partial charge in [-0.2, -0.15) is 0 Å². The van der Waals surface area contributed by atoms with Gasteiger partial charge in [0.2, 0.25) is 0 Å². The second-order valence-electron chi connectivity index (χ2n) is 4.34. The highest BCUT2D eigenvalue weighted by Crippen LogP contribution is 2.22. The Balaban J connectivity index is 2.81. The van der Waals surface area contributed by atoms with Crippen LogP contribution in [0.25, 0.3) is 0 Å². The second kappa shape index (κ2) is 5.51. The van der Waals surface area contributed by atoms with Crippen LogP contribution in [0.2, 0.25) is 0 Å².